The van der Waals surface area contributed by atoms with Gasteiger partial charge in [-0.1, -0.05) is 48.9 Å². The second-order valence-electron chi connectivity index (χ2n) is 6.79. The smallest absolute Gasteiger partial charge is 0.255 e. The summed E-state index contributed by atoms with van der Waals surface area (Å²) in [6.45, 7) is 3.67. The van der Waals surface area contributed by atoms with Crippen LogP contribution in [0.15, 0.2) is 48.5 Å². The van der Waals surface area contributed by atoms with E-state index in [1.165, 1.54) is 6.07 Å². The quantitative estimate of drug-likeness (QED) is 0.802. The third-order valence-corrected chi connectivity index (χ3v) is 5.22. The molecule has 1 heterocycles. The Hall–Kier alpha value is -2.40. The van der Waals surface area contributed by atoms with Gasteiger partial charge in [0.15, 0.2) is 0 Å². The first-order valence-electron chi connectivity index (χ1n) is 9.03. The summed E-state index contributed by atoms with van der Waals surface area (Å²) in [7, 11) is 0. The van der Waals surface area contributed by atoms with E-state index >= 15 is 0 Å². The highest BCUT2D eigenvalue weighted by atomic mass is 35.5. The molecule has 1 aliphatic rings. The van der Waals surface area contributed by atoms with Crippen molar-refractivity contribution in [2.45, 2.75) is 13.3 Å². The summed E-state index contributed by atoms with van der Waals surface area (Å²) >= 11 is 6.11. The fraction of sp³-hybridized carbons (Fsp3) is 0.333. The number of piperazine rings is 1. The van der Waals surface area contributed by atoms with Crippen molar-refractivity contribution >= 4 is 23.4 Å². The highest BCUT2D eigenvalue weighted by Crippen LogP contribution is 2.19. The van der Waals surface area contributed by atoms with E-state index in [2.05, 4.69) is 0 Å². The van der Waals surface area contributed by atoms with Crippen LogP contribution in [0.5, 0.6) is 0 Å². The standard InChI is InChI=1S/C21H22ClFN2O2/c1-15(14-16-6-2-5-9-19(16)23)20(26)24-10-12-25(13-11-24)21(27)17-7-3-4-8-18(17)22/h2-9,15H,10-14H2,1H3. The van der Waals surface area contributed by atoms with Gasteiger partial charge in [-0.15, -0.1) is 0 Å². The van der Waals surface area contributed by atoms with E-state index in [1.54, 1.807) is 52.3 Å². The van der Waals surface area contributed by atoms with Crippen LogP contribution < -0.4 is 0 Å². The molecule has 4 nitrogen and oxygen atoms in total. The molecule has 1 aliphatic heterocycles. The van der Waals surface area contributed by atoms with Crippen molar-refractivity contribution in [2.24, 2.45) is 5.92 Å². The Bertz CT molecular complexity index is 834. The van der Waals surface area contributed by atoms with Gasteiger partial charge >= 0.3 is 0 Å². The number of amides is 2. The lowest BCUT2D eigenvalue weighted by molar-refractivity contribution is -0.136. The van der Waals surface area contributed by atoms with Crippen molar-refractivity contribution in [1.29, 1.82) is 0 Å². The number of rotatable bonds is 4. The minimum absolute atomic E-state index is 0.0110. The molecule has 2 aromatic rings. The van der Waals surface area contributed by atoms with Crippen LogP contribution in [0.2, 0.25) is 5.02 Å². The molecular formula is C21H22ClFN2O2. The molecule has 1 saturated heterocycles. The number of carbonyl (C=O) groups is 2. The van der Waals surface area contributed by atoms with Gasteiger partial charge in [0.1, 0.15) is 5.82 Å². The number of nitrogens with zero attached hydrogens (tertiary/aromatic N) is 2. The van der Waals surface area contributed by atoms with Crippen LogP contribution in [0.3, 0.4) is 0 Å². The molecule has 1 atom stereocenters. The molecule has 6 heteroatoms. The van der Waals surface area contributed by atoms with Gasteiger partial charge < -0.3 is 9.80 Å². The van der Waals surface area contributed by atoms with Gasteiger partial charge in [0.25, 0.3) is 5.91 Å². The lowest BCUT2D eigenvalue weighted by Gasteiger charge is -2.36. The zero-order chi connectivity index (χ0) is 19.4. The lowest BCUT2D eigenvalue weighted by atomic mass is 9.99. The van der Waals surface area contributed by atoms with Gasteiger partial charge in [0, 0.05) is 32.1 Å². The minimum Gasteiger partial charge on any atom is -0.339 e. The van der Waals surface area contributed by atoms with Crippen LogP contribution >= 0.6 is 11.6 Å². The SMILES string of the molecule is CC(Cc1ccccc1F)C(=O)N1CCN(C(=O)c2ccccc2Cl)CC1. The van der Waals surface area contributed by atoms with Gasteiger partial charge in [-0.05, 0) is 30.2 Å². The zero-order valence-corrected chi connectivity index (χ0v) is 16.0. The first-order chi connectivity index (χ1) is 13.0. The van der Waals surface area contributed by atoms with Crippen molar-refractivity contribution in [3.8, 4) is 0 Å². The largest absolute Gasteiger partial charge is 0.339 e. The molecule has 0 aromatic heterocycles. The van der Waals surface area contributed by atoms with Gasteiger partial charge in [-0.3, -0.25) is 9.59 Å². The van der Waals surface area contributed by atoms with E-state index in [0.717, 1.165) is 0 Å². The molecular weight excluding hydrogens is 367 g/mol. The van der Waals surface area contributed by atoms with Crippen molar-refractivity contribution < 1.29 is 14.0 Å². The molecule has 0 radical (unpaired) electrons. The third kappa shape index (κ3) is 4.48. The maximum Gasteiger partial charge on any atom is 0.255 e. The van der Waals surface area contributed by atoms with E-state index in [0.29, 0.717) is 48.7 Å². The Kier molecular flexibility index (Phi) is 6.11. The van der Waals surface area contributed by atoms with Gasteiger partial charge in [0.05, 0.1) is 10.6 Å². The van der Waals surface area contributed by atoms with Crippen molar-refractivity contribution in [3.63, 3.8) is 0 Å². The highest BCUT2D eigenvalue weighted by molar-refractivity contribution is 6.33. The Balaban J connectivity index is 1.57. The summed E-state index contributed by atoms with van der Waals surface area (Å²) < 4.78 is 13.8. The predicted octanol–water partition coefficient (Wildman–Crippen LogP) is 3.64. The molecule has 0 N–H and O–H groups in total. The summed E-state index contributed by atoms with van der Waals surface area (Å²) in [6, 6.07) is 13.5. The van der Waals surface area contributed by atoms with E-state index < -0.39 is 0 Å². The van der Waals surface area contributed by atoms with E-state index in [1.807, 2.05) is 6.92 Å². The monoisotopic (exact) mass is 388 g/mol. The molecule has 3 rings (SSSR count). The second-order valence-corrected chi connectivity index (χ2v) is 7.20. The molecule has 1 fully saturated rings. The highest BCUT2D eigenvalue weighted by Gasteiger charge is 2.28. The molecule has 142 valence electrons. The first kappa shape index (κ1) is 19.4. The summed E-state index contributed by atoms with van der Waals surface area (Å²) in [4.78, 5) is 28.8. The average molecular weight is 389 g/mol. The fourth-order valence-electron chi connectivity index (χ4n) is 3.33. The molecule has 2 amide bonds. The Morgan fingerprint density at radius 2 is 1.59 bits per heavy atom. The normalized spacial score (nSPS) is 15.5. The van der Waals surface area contributed by atoms with Crippen molar-refractivity contribution in [1.82, 2.24) is 9.80 Å². The van der Waals surface area contributed by atoms with Crippen LogP contribution in [0.4, 0.5) is 4.39 Å². The van der Waals surface area contributed by atoms with Crippen molar-refractivity contribution in [2.75, 3.05) is 26.2 Å². The first-order valence-corrected chi connectivity index (χ1v) is 9.41. The van der Waals surface area contributed by atoms with Gasteiger partial charge in [-0.2, -0.15) is 0 Å². The molecule has 0 aliphatic carbocycles. The third-order valence-electron chi connectivity index (χ3n) is 4.89. The van der Waals surface area contributed by atoms with Gasteiger partial charge in [0.2, 0.25) is 5.91 Å². The summed E-state index contributed by atoms with van der Waals surface area (Å²) in [5.41, 5.74) is 1.03. The molecule has 0 saturated carbocycles. The molecule has 27 heavy (non-hydrogen) atoms. The number of hydrogen-bond acceptors (Lipinski definition) is 2. The number of carbonyl (C=O) groups excluding carboxylic acids is 2. The second kappa shape index (κ2) is 8.53. The van der Waals surface area contributed by atoms with Crippen molar-refractivity contribution in [3.05, 3.63) is 70.5 Å². The zero-order valence-electron chi connectivity index (χ0n) is 15.2. The maximum atomic E-state index is 13.8. The molecule has 2 aromatic carbocycles. The van der Waals surface area contributed by atoms with E-state index in [9.17, 15) is 14.0 Å². The Labute approximate surface area is 163 Å². The Morgan fingerprint density at radius 3 is 2.26 bits per heavy atom. The lowest BCUT2D eigenvalue weighted by Crippen LogP contribution is -2.52. The van der Waals surface area contributed by atoms with Crippen LogP contribution in [-0.4, -0.2) is 47.8 Å². The minimum atomic E-state index is -0.312. The van der Waals surface area contributed by atoms with Crippen LogP contribution in [-0.2, 0) is 11.2 Å². The van der Waals surface area contributed by atoms with E-state index in [-0.39, 0.29) is 23.5 Å². The maximum absolute atomic E-state index is 13.8. The summed E-state index contributed by atoms with van der Waals surface area (Å²) in [5, 5.41) is 0.430. The topological polar surface area (TPSA) is 40.6 Å². The molecule has 0 spiro atoms. The predicted molar refractivity (Wildman–Crippen MR) is 103 cm³/mol. The Morgan fingerprint density at radius 1 is 1.00 bits per heavy atom. The number of hydrogen-bond donors (Lipinski definition) is 0. The average Bonchev–Trinajstić information content (AvgIpc) is 2.69. The number of halogens is 2. The molecule has 1 unspecified atom stereocenters. The van der Waals surface area contributed by atoms with Crippen LogP contribution in [0.25, 0.3) is 0 Å². The van der Waals surface area contributed by atoms with Crippen LogP contribution in [0, 0.1) is 11.7 Å². The summed E-state index contributed by atoms with van der Waals surface area (Å²) in [6.07, 6.45) is 0.365. The van der Waals surface area contributed by atoms with Gasteiger partial charge in [-0.25, -0.2) is 4.39 Å². The van der Waals surface area contributed by atoms with E-state index in [4.69, 9.17) is 11.6 Å². The number of benzene rings is 2. The van der Waals surface area contributed by atoms with Crippen LogP contribution in [0.1, 0.15) is 22.8 Å². The molecule has 0 bridgehead atoms. The summed E-state index contributed by atoms with van der Waals surface area (Å²) in [5.74, 6) is -0.727. The fourth-order valence-corrected chi connectivity index (χ4v) is 3.54.